The highest BCUT2D eigenvalue weighted by molar-refractivity contribution is 6.06. The first-order valence-corrected chi connectivity index (χ1v) is 7.96. The summed E-state index contributed by atoms with van der Waals surface area (Å²) in [5, 5.41) is 4.05. The number of ether oxygens (including phenoxy) is 1. The smallest absolute Gasteiger partial charge is 0.315 e. The summed E-state index contributed by atoms with van der Waals surface area (Å²) in [5.41, 5.74) is 0.951. The summed E-state index contributed by atoms with van der Waals surface area (Å²) in [7, 11) is 0. The van der Waals surface area contributed by atoms with E-state index in [0.29, 0.717) is 5.75 Å². The Hall–Kier alpha value is -3.13. The van der Waals surface area contributed by atoms with Gasteiger partial charge < -0.3 is 4.74 Å². The van der Waals surface area contributed by atoms with Gasteiger partial charge in [-0.15, -0.1) is 0 Å². The minimum Gasteiger partial charge on any atom is -0.425 e. The highest BCUT2D eigenvalue weighted by Crippen LogP contribution is 2.35. The quantitative estimate of drug-likeness (QED) is 0.297. The van der Waals surface area contributed by atoms with Crippen molar-refractivity contribution in [2.45, 2.75) is 6.42 Å². The molecule has 0 aliphatic heterocycles. The van der Waals surface area contributed by atoms with Crippen LogP contribution in [0, 0.1) is 0 Å². The van der Waals surface area contributed by atoms with Crippen molar-refractivity contribution in [3.8, 4) is 5.75 Å². The van der Waals surface area contributed by atoms with Crippen molar-refractivity contribution in [2.75, 3.05) is 0 Å². The van der Waals surface area contributed by atoms with Crippen LogP contribution < -0.4 is 4.74 Å². The van der Waals surface area contributed by atoms with Crippen molar-refractivity contribution < 1.29 is 9.53 Å². The van der Waals surface area contributed by atoms with Crippen LogP contribution in [0.5, 0.6) is 5.75 Å². The van der Waals surface area contributed by atoms with Gasteiger partial charge in [-0.3, -0.25) is 4.79 Å². The standard InChI is InChI=1S/C22H16O2/c23-21(14-16-8-2-1-3-9-16)24-22-19-12-6-4-10-17(19)15-18-11-5-7-13-20(18)22/h1-13,15H,14H2. The Morgan fingerprint density at radius 1 is 0.708 bits per heavy atom. The summed E-state index contributed by atoms with van der Waals surface area (Å²) in [4.78, 5) is 12.4. The van der Waals surface area contributed by atoms with Gasteiger partial charge in [-0.25, -0.2) is 0 Å². The molecule has 0 fully saturated rings. The molecule has 4 aromatic rings. The molecule has 4 aromatic carbocycles. The molecule has 4 rings (SSSR count). The first-order chi connectivity index (χ1) is 11.8. The predicted octanol–water partition coefficient (Wildman–Crippen LogP) is 5.14. The zero-order valence-corrected chi connectivity index (χ0v) is 13.1. The number of rotatable bonds is 3. The monoisotopic (exact) mass is 312 g/mol. The van der Waals surface area contributed by atoms with Crippen molar-refractivity contribution in [3.63, 3.8) is 0 Å². The van der Waals surface area contributed by atoms with Crippen molar-refractivity contribution in [1.82, 2.24) is 0 Å². The molecule has 0 atom stereocenters. The normalized spacial score (nSPS) is 10.8. The fourth-order valence-corrected chi connectivity index (χ4v) is 2.99. The van der Waals surface area contributed by atoms with Gasteiger partial charge in [0.25, 0.3) is 0 Å². The molecule has 24 heavy (non-hydrogen) atoms. The van der Waals surface area contributed by atoms with Gasteiger partial charge in [0.2, 0.25) is 0 Å². The maximum atomic E-state index is 12.4. The van der Waals surface area contributed by atoms with E-state index in [0.717, 1.165) is 27.1 Å². The molecule has 0 aliphatic rings. The molecule has 2 nitrogen and oxygen atoms in total. The molecule has 0 aromatic heterocycles. The zero-order chi connectivity index (χ0) is 16.4. The lowest BCUT2D eigenvalue weighted by atomic mass is 10.0. The van der Waals surface area contributed by atoms with E-state index in [1.807, 2.05) is 78.9 Å². The second-order valence-corrected chi connectivity index (χ2v) is 5.78. The SMILES string of the molecule is O=C(Cc1ccccc1)Oc1c2ccccc2cc2ccccc12. The topological polar surface area (TPSA) is 26.3 Å². The third-order valence-electron chi connectivity index (χ3n) is 4.13. The number of esters is 1. The van der Waals surface area contributed by atoms with Crippen molar-refractivity contribution >= 4 is 27.5 Å². The summed E-state index contributed by atoms with van der Waals surface area (Å²) in [5.74, 6) is 0.396. The number of fused-ring (bicyclic) bond motifs is 2. The number of hydrogen-bond acceptors (Lipinski definition) is 2. The van der Waals surface area contributed by atoms with Gasteiger partial charge in [0.1, 0.15) is 5.75 Å². The van der Waals surface area contributed by atoms with Crippen LogP contribution in [0.2, 0.25) is 0 Å². The van der Waals surface area contributed by atoms with E-state index in [1.165, 1.54) is 0 Å². The first kappa shape index (κ1) is 14.5. The van der Waals surface area contributed by atoms with E-state index in [9.17, 15) is 4.79 Å². The van der Waals surface area contributed by atoms with E-state index < -0.39 is 0 Å². The third kappa shape index (κ3) is 2.74. The summed E-state index contributed by atoms with van der Waals surface area (Å²) in [6.45, 7) is 0. The molecular formula is C22H16O2. The predicted molar refractivity (Wildman–Crippen MR) is 97.2 cm³/mol. The Bertz CT molecular complexity index is 966. The number of carbonyl (C=O) groups is 1. The van der Waals surface area contributed by atoms with Gasteiger partial charge in [0, 0.05) is 10.8 Å². The van der Waals surface area contributed by atoms with Gasteiger partial charge in [-0.2, -0.15) is 0 Å². The summed E-state index contributed by atoms with van der Waals surface area (Å²) in [6, 6.07) is 27.8. The molecule has 0 N–H and O–H groups in total. The van der Waals surface area contributed by atoms with E-state index in [-0.39, 0.29) is 12.4 Å². The Morgan fingerprint density at radius 2 is 1.25 bits per heavy atom. The molecule has 0 spiro atoms. The van der Waals surface area contributed by atoms with Crippen LogP contribution in [-0.2, 0) is 11.2 Å². The van der Waals surface area contributed by atoms with Gasteiger partial charge in [0.05, 0.1) is 6.42 Å². The number of carbonyl (C=O) groups excluding carboxylic acids is 1. The molecular weight excluding hydrogens is 296 g/mol. The average molecular weight is 312 g/mol. The molecule has 0 unspecified atom stereocenters. The minimum atomic E-state index is -0.247. The number of hydrogen-bond donors (Lipinski definition) is 0. The lowest BCUT2D eigenvalue weighted by molar-refractivity contribution is -0.133. The molecule has 116 valence electrons. The summed E-state index contributed by atoms with van der Waals surface area (Å²) in [6.07, 6.45) is 0.262. The lowest BCUT2D eigenvalue weighted by Crippen LogP contribution is -2.11. The second kappa shape index (κ2) is 6.17. The Labute approximate surface area is 140 Å². The molecule has 0 radical (unpaired) electrons. The molecule has 0 saturated carbocycles. The van der Waals surface area contributed by atoms with Gasteiger partial charge >= 0.3 is 5.97 Å². The van der Waals surface area contributed by atoms with Crippen LogP contribution in [0.4, 0.5) is 0 Å². The molecule has 0 amide bonds. The largest absolute Gasteiger partial charge is 0.425 e. The maximum absolute atomic E-state index is 12.4. The Kier molecular flexibility index (Phi) is 3.72. The fourth-order valence-electron chi connectivity index (χ4n) is 2.99. The van der Waals surface area contributed by atoms with Gasteiger partial charge in [-0.05, 0) is 22.4 Å². The Balaban J connectivity index is 1.77. The van der Waals surface area contributed by atoms with E-state index >= 15 is 0 Å². The van der Waals surface area contributed by atoms with Crippen LogP contribution >= 0.6 is 0 Å². The maximum Gasteiger partial charge on any atom is 0.315 e. The van der Waals surface area contributed by atoms with Crippen LogP contribution in [0.15, 0.2) is 84.9 Å². The average Bonchev–Trinajstić information content (AvgIpc) is 2.62. The van der Waals surface area contributed by atoms with Crippen LogP contribution in [0.3, 0.4) is 0 Å². The zero-order valence-electron chi connectivity index (χ0n) is 13.1. The van der Waals surface area contributed by atoms with Gasteiger partial charge in [-0.1, -0.05) is 78.9 Å². The second-order valence-electron chi connectivity index (χ2n) is 5.78. The summed E-state index contributed by atoms with van der Waals surface area (Å²) >= 11 is 0. The van der Waals surface area contributed by atoms with E-state index in [1.54, 1.807) is 0 Å². The third-order valence-corrected chi connectivity index (χ3v) is 4.13. The van der Waals surface area contributed by atoms with E-state index in [2.05, 4.69) is 6.07 Å². The fraction of sp³-hybridized carbons (Fsp3) is 0.0455. The van der Waals surface area contributed by atoms with Crippen LogP contribution in [0.1, 0.15) is 5.56 Å². The highest BCUT2D eigenvalue weighted by Gasteiger charge is 2.13. The molecule has 0 heterocycles. The van der Waals surface area contributed by atoms with Crippen LogP contribution in [0.25, 0.3) is 21.5 Å². The molecule has 0 bridgehead atoms. The highest BCUT2D eigenvalue weighted by atomic mass is 16.5. The minimum absolute atomic E-state index is 0.247. The van der Waals surface area contributed by atoms with Crippen molar-refractivity contribution in [1.29, 1.82) is 0 Å². The molecule has 0 aliphatic carbocycles. The number of benzene rings is 4. The van der Waals surface area contributed by atoms with Crippen molar-refractivity contribution in [3.05, 3.63) is 90.5 Å². The molecule has 2 heteroatoms. The van der Waals surface area contributed by atoms with Gasteiger partial charge in [0.15, 0.2) is 0 Å². The summed E-state index contributed by atoms with van der Waals surface area (Å²) < 4.78 is 5.81. The molecule has 0 saturated heterocycles. The Morgan fingerprint density at radius 3 is 1.88 bits per heavy atom. The lowest BCUT2D eigenvalue weighted by Gasteiger charge is -2.12. The van der Waals surface area contributed by atoms with Crippen molar-refractivity contribution in [2.24, 2.45) is 0 Å². The first-order valence-electron chi connectivity index (χ1n) is 7.96. The van der Waals surface area contributed by atoms with Crippen LogP contribution in [-0.4, -0.2) is 5.97 Å². The van der Waals surface area contributed by atoms with E-state index in [4.69, 9.17) is 4.74 Å².